The van der Waals surface area contributed by atoms with Crippen molar-refractivity contribution in [2.45, 2.75) is 18.1 Å². The maximum Gasteiger partial charge on any atom is 0.229 e. The van der Waals surface area contributed by atoms with Crippen LogP contribution >= 0.6 is 0 Å². The molecule has 1 aromatic carbocycles. The van der Waals surface area contributed by atoms with Gasteiger partial charge in [-0.25, -0.2) is 15.0 Å². The fourth-order valence-electron chi connectivity index (χ4n) is 3.61. The molecule has 0 atom stereocenters. The van der Waals surface area contributed by atoms with Crippen molar-refractivity contribution in [1.82, 2.24) is 15.0 Å². The number of para-hydroxylation sites is 1. The third kappa shape index (κ3) is 3.90. The average molecular weight is 425 g/mol. The Morgan fingerprint density at radius 1 is 1.19 bits per heavy atom. The summed E-state index contributed by atoms with van der Waals surface area (Å²) >= 11 is 0. The fraction of sp³-hybridized carbons (Fsp3) is 0.238. The van der Waals surface area contributed by atoms with E-state index in [2.05, 4.69) is 49.1 Å². The quantitative estimate of drug-likeness (QED) is 0.439. The van der Waals surface area contributed by atoms with Gasteiger partial charge in [-0.3, -0.25) is 4.79 Å². The predicted octanol–water partition coefficient (Wildman–Crippen LogP) is 0.718. The number of carbonyl (C=O) groups excluding carboxylic acids is 1. The SMILES string of the molecule is BC(B)(B)Nc1ncc(-c2nc3c(OC)cccc3o2)c2cc(NC(=O)C3CC3)ncc12. The third-order valence-corrected chi connectivity index (χ3v) is 5.30. The van der Waals surface area contributed by atoms with E-state index in [-0.39, 0.29) is 17.1 Å². The van der Waals surface area contributed by atoms with Gasteiger partial charge >= 0.3 is 0 Å². The van der Waals surface area contributed by atoms with Crippen LogP contribution in [-0.2, 0) is 4.79 Å². The van der Waals surface area contributed by atoms with Crippen LogP contribution in [0, 0.1) is 5.92 Å². The van der Waals surface area contributed by atoms with Crippen molar-refractivity contribution in [1.29, 1.82) is 0 Å². The van der Waals surface area contributed by atoms with E-state index < -0.39 is 0 Å². The fourth-order valence-corrected chi connectivity index (χ4v) is 3.61. The lowest BCUT2D eigenvalue weighted by Crippen LogP contribution is -2.40. The molecule has 3 aromatic heterocycles. The maximum atomic E-state index is 12.3. The number of anilines is 2. The summed E-state index contributed by atoms with van der Waals surface area (Å²) in [5.74, 6) is 2.36. The third-order valence-electron chi connectivity index (χ3n) is 5.30. The van der Waals surface area contributed by atoms with Crippen molar-refractivity contribution >= 4 is 63.0 Å². The molecule has 0 bridgehead atoms. The van der Waals surface area contributed by atoms with E-state index in [0.29, 0.717) is 39.9 Å². The first-order valence-corrected chi connectivity index (χ1v) is 10.6. The number of aromatic nitrogens is 3. The summed E-state index contributed by atoms with van der Waals surface area (Å²) in [6.45, 7) is 0. The normalized spacial score (nSPS) is 13.9. The molecule has 32 heavy (non-hydrogen) atoms. The first kappa shape index (κ1) is 20.4. The minimum Gasteiger partial charge on any atom is -0.494 e. The van der Waals surface area contributed by atoms with Crippen molar-refractivity contribution in [3.63, 3.8) is 0 Å². The Kier molecular flexibility index (Phi) is 4.84. The van der Waals surface area contributed by atoms with E-state index in [9.17, 15) is 4.79 Å². The number of benzene rings is 1. The molecule has 158 valence electrons. The monoisotopic (exact) mass is 425 g/mol. The lowest BCUT2D eigenvalue weighted by molar-refractivity contribution is -0.117. The Bertz CT molecular complexity index is 1350. The summed E-state index contributed by atoms with van der Waals surface area (Å²) in [6, 6.07) is 7.41. The lowest BCUT2D eigenvalue weighted by Gasteiger charge is -2.23. The smallest absolute Gasteiger partial charge is 0.229 e. The first-order valence-electron chi connectivity index (χ1n) is 10.6. The highest BCUT2D eigenvalue weighted by atomic mass is 16.5. The first-order chi connectivity index (χ1) is 15.3. The Hall–Kier alpha value is -3.49. The molecule has 1 aliphatic carbocycles. The molecule has 2 N–H and O–H groups in total. The molecule has 1 amide bonds. The molecule has 11 heteroatoms. The lowest BCUT2D eigenvalue weighted by atomic mass is 9.49. The second kappa shape index (κ2) is 7.58. The maximum absolute atomic E-state index is 12.3. The number of nitrogens with one attached hydrogen (secondary N) is 2. The summed E-state index contributed by atoms with van der Waals surface area (Å²) in [7, 11) is 7.81. The molecule has 1 saturated carbocycles. The molecule has 0 radical (unpaired) electrons. The molecule has 1 aliphatic rings. The molecular formula is C21H22B3N5O3. The Labute approximate surface area is 187 Å². The van der Waals surface area contributed by atoms with Crippen LogP contribution in [0.25, 0.3) is 33.3 Å². The molecule has 0 unspecified atom stereocenters. The number of carbonyl (C=O) groups is 1. The standard InChI is InChI=1S/C21H22B3N5O3/c1-31-14-3-2-4-15-17(14)28-20(32-15)13-9-26-18(29-21(22,23)24)12-8-25-16(7-11(12)13)27-19(30)10-5-6-10/h2-4,7-10H,5-6,22-24H2,1H3,(H,26,29)(H,25,27,30). The van der Waals surface area contributed by atoms with Crippen LogP contribution in [0.1, 0.15) is 12.8 Å². The van der Waals surface area contributed by atoms with Crippen LogP contribution < -0.4 is 15.4 Å². The highest BCUT2D eigenvalue weighted by molar-refractivity contribution is 6.60. The van der Waals surface area contributed by atoms with Crippen LogP contribution in [0.3, 0.4) is 0 Å². The summed E-state index contributed by atoms with van der Waals surface area (Å²) in [4.78, 5) is 26.1. The van der Waals surface area contributed by atoms with Crippen molar-refractivity contribution in [2.24, 2.45) is 5.92 Å². The molecule has 3 heterocycles. The van der Waals surface area contributed by atoms with E-state index in [1.165, 1.54) is 0 Å². The van der Waals surface area contributed by atoms with Gasteiger partial charge in [0.2, 0.25) is 11.8 Å². The molecule has 0 spiro atoms. The number of fused-ring (bicyclic) bond motifs is 2. The van der Waals surface area contributed by atoms with Gasteiger partial charge in [0, 0.05) is 29.1 Å². The number of ether oxygens (including phenoxy) is 1. The van der Waals surface area contributed by atoms with Gasteiger partial charge in [0.15, 0.2) is 11.1 Å². The number of hydrogen-bond acceptors (Lipinski definition) is 7. The van der Waals surface area contributed by atoms with Crippen LogP contribution in [0.4, 0.5) is 11.6 Å². The van der Waals surface area contributed by atoms with Crippen LogP contribution in [0.15, 0.2) is 41.1 Å². The largest absolute Gasteiger partial charge is 0.494 e. The zero-order chi connectivity index (χ0) is 22.5. The second-order valence-electron chi connectivity index (χ2n) is 9.10. The Morgan fingerprint density at radius 2 is 2.00 bits per heavy atom. The van der Waals surface area contributed by atoms with Gasteiger partial charge in [-0.1, -0.05) is 6.07 Å². The Morgan fingerprint density at radius 3 is 2.72 bits per heavy atom. The van der Waals surface area contributed by atoms with Crippen LogP contribution in [0.5, 0.6) is 5.75 Å². The van der Waals surface area contributed by atoms with E-state index >= 15 is 0 Å². The minimum atomic E-state index is -0.189. The van der Waals surface area contributed by atoms with Gasteiger partial charge < -0.3 is 19.8 Å². The van der Waals surface area contributed by atoms with E-state index in [4.69, 9.17) is 9.15 Å². The molecule has 0 aliphatic heterocycles. The molecule has 8 nitrogen and oxygen atoms in total. The van der Waals surface area contributed by atoms with Gasteiger partial charge in [0.1, 0.15) is 40.9 Å². The van der Waals surface area contributed by atoms with E-state index in [1.807, 2.05) is 24.3 Å². The number of methoxy groups -OCH3 is 1. The van der Waals surface area contributed by atoms with Gasteiger partial charge in [-0.2, -0.15) is 0 Å². The number of oxazole rings is 1. The highest BCUT2D eigenvalue weighted by Gasteiger charge is 2.30. The van der Waals surface area contributed by atoms with Crippen molar-refractivity contribution in [3.05, 3.63) is 36.7 Å². The van der Waals surface area contributed by atoms with Crippen LogP contribution in [0.2, 0.25) is 0 Å². The molecular weight excluding hydrogens is 403 g/mol. The van der Waals surface area contributed by atoms with Crippen molar-refractivity contribution < 1.29 is 13.9 Å². The summed E-state index contributed by atoms with van der Waals surface area (Å²) in [5.41, 5.74) is 1.98. The zero-order valence-corrected chi connectivity index (χ0v) is 18.5. The van der Waals surface area contributed by atoms with Crippen molar-refractivity contribution in [3.8, 4) is 17.2 Å². The number of hydrogen-bond donors (Lipinski definition) is 2. The molecule has 0 saturated heterocycles. The summed E-state index contributed by atoms with van der Waals surface area (Å²) in [5, 5.41) is 7.81. The van der Waals surface area contributed by atoms with Crippen LogP contribution in [-0.4, -0.2) is 56.7 Å². The minimum absolute atomic E-state index is 0.00657. The van der Waals surface area contributed by atoms with Gasteiger partial charge in [-0.15, -0.1) is 0 Å². The van der Waals surface area contributed by atoms with Gasteiger partial charge in [0.05, 0.1) is 12.7 Å². The summed E-state index contributed by atoms with van der Waals surface area (Å²) < 4.78 is 11.5. The number of nitrogens with zero attached hydrogens (tertiary/aromatic N) is 3. The van der Waals surface area contributed by atoms with E-state index in [0.717, 1.165) is 23.6 Å². The van der Waals surface area contributed by atoms with E-state index in [1.54, 1.807) is 19.5 Å². The van der Waals surface area contributed by atoms with Gasteiger partial charge in [-0.05, 0) is 36.3 Å². The number of rotatable bonds is 6. The number of pyridine rings is 2. The number of amides is 1. The van der Waals surface area contributed by atoms with Gasteiger partial charge in [0.25, 0.3) is 0 Å². The average Bonchev–Trinajstić information content (AvgIpc) is 3.51. The predicted molar refractivity (Wildman–Crippen MR) is 132 cm³/mol. The Balaban J connectivity index is 1.67. The topological polar surface area (TPSA) is 102 Å². The molecule has 5 rings (SSSR count). The summed E-state index contributed by atoms with van der Waals surface area (Å²) in [6.07, 6.45) is 5.32. The molecule has 4 aromatic rings. The zero-order valence-electron chi connectivity index (χ0n) is 18.5. The van der Waals surface area contributed by atoms with Crippen molar-refractivity contribution in [2.75, 3.05) is 17.7 Å². The molecule has 1 fully saturated rings. The second-order valence-corrected chi connectivity index (χ2v) is 9.10. The highest BCUT2D eigenvalue weighted by Crippen LogP contribution is 2.36.